The van der Waals surface area contributed by atoms with E-state index in [1.807, 2.05) is 49.4 Å². The topological polar surface area (TPSA) is 94.9 Å². The molecule has 1 N–H and O–H groups in total. The lowest BCUT2D eigenvalue weighted by Gasteiger charge is -2.46. The fourth-order valence-corrected chi connectivity index (χ4v) is 4.41. The minimum atomic E-state index is -0.873. The number of nitrogens with zero attached hydrogens (tertiary/aromatic N) is 3. The van der Waals surface area contributed by atoms with Gasteiger partial charge in [0.1, 0.15) is 17.2 Å². The Labute approximate surface area is 216 Å². The van der Waals surface area contributed by atoms with Crippen LogP contribution in [-0.2, 0) is 24.4 Å². The van der Waals surface area contributed by atoms with E-state index >= 15 is 0 Å². The molecule has 1 aromatic heterocycles. The SMILES string of the molecule is C=C(NCc1ccccc1)C1(C)Cn2nc(C(=O)OCC)cc2C(=O)N1Cc1ccc(OC)cc1OC. The second-order valence-electron chi connectivity index (χ2n) is 8.95. The Morgan fingerprint density at radius 2 is 1.89 bits per heavy atom. The molecule has 0 radical (unpaired) electrons. The molecule has 1 amide bonds. The van der Waals surface area contributed by atoms with E-state index in [4.69, 9.17) is 14.2 Å². The van der Waals surface area contributed by atoms with Gasteiger partial charge in [0.05, 0.1) is 39.5 Å². The van der Waals surface area contributed by atoms with Gasteiger partial charge in [0, 0.05) is 29.9 Å². The molecule has 4 rings (SSSR count). The maximum atomic E-state index is 13.9. The van der Waals surface area contributed by atoms with E-state index in [2.05, 4.69) is 17.0 Å². The number of aromatic nitrogens is 2. The van der Waals surface area contributed by atoms with E-state index in [1.54, 1.807) is 36.8 Å². The molecule has 0 fully saturated rings. The predicted molar refractivity (Wildman–Crippen MR) is 138 cm³/mol. The third-order valence-electron chi connectivity index (χ3n) is 6.60. The monoisotopic (exact) mass is 504 g/mol. The number of ether oxygens (including phenoxy) is 3. The van der Waals surface area contributed by atoms with Crippen LogP contribution in [0.2, 0.25) is 0 Å². The highest BCUT2D eigenvalue weighted by Crippen LogP contribution is 2.35. The number of carbonyl (C=O) groups is 2. The number of methoxy groups -OCH3 is 2. The molecule has 1 unspecified atom stereocenters. The normalized spacial score (nSPS) is 16.6. The van der Waals surface area contributed by atoms with Gasteiger partial charge in [-0.3, -0.25) is 9.48 Å². The van der Waals surface area contributed by atoms with Gasteiger partial charge in [-0.1, -0.05) is 36.9 Å². The lowest BCUT2D eigenvalue weighted by atomic mass is 9.91. The number of fused-ring (bicyclic) bond motifs is 1. The molecule has 37 heavy (non-hydrogen) atoms. The van der Waals surface area contributed by atoms with Crippen LogP contribution in [0.1, 0.15) is 46.0 Å². The molecular weight excluding hydrogens is 472 g/mol. The molecule has 0 aliphatic carbocycles. The molecule has 3 aromatic rings. The molecule has 0 spiro atoms. The van der Waals surface area contributed by atoms with Crippen LogP contribution in [0, 0.1) is 0 Å². The summed E-state index contributed by atoms with van der Waals surface area (Å²) in [6.45, 7) is 9.29. The van der Waals surface area contributed by atoms with E-state index in [-0.39, 0.29) is 24.8 Å². The Morgan fingerprint density at radius 1 is 1.14 bits per heavy atom. The Morgan fingerprint density at radius 3 is 2.57 bits per heavy atom. The molecule has 2 heterocycles. The third-order valence-corrected chi connectivity index (χ3v) is 6.60. The molecule has 0 bridgehead atoms. The van der Waals surface area contributed by atoms with Crippen molar-refractivity contribution in [3.63, 3.8) is 0 Å². The summed E-state index contributed by atoms with van der Waals surface area (Å²) in [6, 6.07) is 16.9. The highest BCUT2D eigenvalue weighted by atomic mass is 16.5. The quantitative estimate of drug-likeness (QED) is 0.420. The van der Waals surface area contributed by atoms with Crippen molar-refractivity contribution >= 4 is 11.9 Å². The van der Waals surface area contributed by atoms with Crippen LogP contribution in [0.4, 0.5) is 0 Å². The number of nitrogens with one attached hydrogen (secondary N) is 1. The van der Waals surface area contributed by atoms with Gasteiger partial charge in [0.25, 0.3) is 5.91 Å². The summed E-state index contributed by atoms with van der Waals surface area (Å²) in [6.07, 6.45) is 0. The average Bonchev–Trinajstić information content (AvgIpc) is 3.34. The van der Waals surface area contributed by atoms with E-state index < -0.39 is 11.5 Å². The van der Waals surface area contributed by atoms with Crippen LogP contribution in [0.3, 0.4) is 0 Å². The highest BCUT2D eigenvalue weighted by molar-refractivity contribution is 5.97. The highest BCUT2D eigenvalue weighted by Gasteiger charge is 2.45. The van der Waals surface area contributed by atoms with E-state index in [9.17, 15) is 9.59 Å². The van der Waals surface area contributed by atoms with Gasteiger partial charge in [-0.05, 0) is 31.5 Å². The number of carbonyl (C=O) groups excluding carboxylic acids is 2. The molecule has 0 saturated carbocycles. The molecule has 2 aromatic carbocycles. The van der Waals surface area contributed by atoms with Gasteiger partial charge in [-0.15, -0.1) is 0 Å². The summed E-state index contributed by atoms with van der Waals surface area (Å²) in [4.78, 5) is 28.0. The van der Waals surface area contributed by atoms with Crippen molar-refractivity contribution in [2.24, 2.45) is 0 Å². The van der Waals surface area contributed by atoms with Crippen molar-refractivity contribution in [3.8, 4) is 11.5 Å². The van der Waals surface area contributed by atoms with Gasteiger partial charge in [0.2, 0.25) is 0 Å². The maximum absolute atomic E-state index is 13.9. The lowest BCUT2D eigenvalue weighted by Crippen LogP contribution is -2.59. The van der Waals surface area contributed by atoms with Gasteiger partial charge in [-0.2, -0.15) is 5.10 Å². The first-order valence-corrected chi connectivity index (χ1v) is 12.1. The molecule has 194 valence electrons. The maximum Gasteiger partial charge on any atom is 0.358 e. The van der Waals surface area contributed by atoms with Crippen molar-refractivity contribution in [3.05, 3.63) is 89.4 Å². The van der Waals surface area contributed by atoms with Crippen molar-refractivity contribution < 1.29 is 23.8 Å². The van der Waals surface area contributed by atoms with E-state index in [1.165, 1.54) is 6.07 Å². The predicted octanol–water partition coefficient (Wildman–Crippen LogP) is 3.80. The van der Waals surface area contributed by atoms with Crippen LogP contribution in [0.15, 0.2) is 66.9 Å². The zero-order chi connectivity index (χ0) is 26.6. The van der Waals surface area contributed by atoms with Gasteiger partial charge < -0.3 is 24.4 Å². The van der Waals surface area contributed by atoms with E-state index in [0.29, 0.717) is 36.0 Å². The first-order valence-electron chi connectivity index (χ1n) is 12.1. The summed E-state index contributed by atoms with van der Waals surface area (Å²) in [5, 5.41) is 7.80. The van der Waals surface area contributed by atoms with Crippen LogP contribution in [0.5, 0.6) is 11.5 Å². The Hall–Kier alpha value is -4.27. The standard InChI is InChI=1S/C28H32N4O5/c1-6-37-27(34)23-15-24-26(33)31(17-21-12-13-22(35-4)14-25(21)36-5)28(3,18-32(24)30-23)19(2)29-16-20-10-8-7-9-11-20/h7-15,29H,2,6,16-18H2,1,3-5H3. The Kier molecular flexibility index (Phi) is 7.52. The second-order valence-corrected chi connectivity index (χ2v) is 8.95. The zero-order valence-electron chi connectivity index (χ0n) is 21.6. The molecule has 1 aliphatic rings. The number of benzene rings is 2. The molecule has 0 saturated heterocycles. The number of hydrogen-bond donors (Lipinski definition) is 1. The van der Waals surface area contributed by atoms with Crippen molar-refractivity contribution in [2.45, 2.75) is 39.0 Å². The molecule has 1 aliphatic heterocycles. The third kappa shape index (κ3) is 5.16. The largest absolute Gasteiger partial charge is 0.497 e. The fraction of sp³-hybridized carbons (Fsp3) is 0.321. The molecule has 9 heteroatoms. The smallest absolute Gasteiger partial charge is 0.358 e. The van der Waals surface area contributed by atoms with Gasteiger partial charge in [0.15, 0.2) is 5.69 Å². The zero-order valence-corrected chi connectivity index (χ0v) is 21.6. The van der Waals surface area contributed by atoms with Crippen molar-refractivity contribution in [1.29, 1.82) is 0 Å². The number of hydrogen-bond acceptors (Lipinski definition) is 7. The molecule has 9 nitrogen and oxygen atoms in total. The number of amides is 1. The fourth-order valence-electron chi connectivity index (χ4n) is 4.41. The van der Waals surface area contributed by atoms with Crippen molar-refractivity contribution in [1.82, 2.24) is 20.0 Å². The van der Waals surface area contributed by atoms with Crippen LogP contribution in [0.25, 0.3) is 0 Å². The summed E-state index contributed by atoms with van der Waals surface area (Å²) in [5.74, 6) is 0.406. The number of esters is 1. The Bertz CT molecular complexity index is 1300. The summed E-state index contributed by atoms with van der Waals surface area (Å²) >= 11 is 0. The molecule has 1 atom stereocenters. The van der Waals surface area contributed by atoms with Crippen LogP contribution in [-0.4, -0.2) is 52.9 Å². The first-order chi connectivity index (χ1) is 17.8. The average molecular weight is 505 g/mol. The summed E-state index contributed by atoms with van der Waals surface area (Å²) < 4.78 is 17.6. The van der Waals surface area contributed by atoms with Gasteiger partial charge >= 0.3 is 5.97 Å². The molecular formula is C28H32N4O5. The minimum Gasteiger partial charge on any atom is -0.497 e. The van der Waals surface area contributed by atoms with E-state index in [0.717, 1.165) is 11.1 Å². The second kappa shape index (κ2) is 10.8. The first kappa shape index (κ1) is 25.8. The van der Waals surface area contributed by atoms with Crippen molar-refractivity contribution in [2.75, 3.05) is 20.8 Å². The summed E-state index contributed by atoms with van der Waals surface area (Å²) in [7, 11) is 3.17. The van der Waals surface area contributed by atoms with Gasteiger partial charge in [-0.25, -0.2) is 4.79 Å². The minimum absolute atomic E-state index is 0.0966. The Balaban J connectivity index is 1.71. The van der Waals surface area contributed by atoms with Crippen LogP contribution >= 0.6 is 0 Å². The summed E-state index contributed by atoms with van der Waals surface area (Å²) in [5.41, 5.74) is 2.07. The number of rotatable bonds is 10. The van der Waals surface area contributed by atoms with Crippen LogP contribution < -0.4 is 14.8 Å². The lowest BCUT2D eigenvalue weighted by molar-refractivity contribution is 0.0392.